The van der Waals surface area contributed by atoms with Crippen LogP contribution >= 0.6 is 0 Å². The second-order valence-corrected chi connectivity index (χ2v) is 9.98. The normalized spacial score (nSPS) is 13.4. The molecule has 0 aliphatic carbocycles. The summed E-state index contributed by atoms with van der Waals surface area (Å²) >= 11 is 0. The number of amides is 1. The van der Waals surface area contributed by atoms with E-state index in [2.05, 4.69) is 26.5 Å². The largest absolute Gasteiger partial charge is 0.444 e. The molecule has 1 N–H and O–H groups in total. The van der Waals surface area contributed by atoms with Crippen molar-refractivity contribution in [3.05, 3.63) is 46.6 Å². The van der Waals surface area contributed by atoms with Crippen LogP contribution in [-0.4, -0.2) is 44.3 Å². The molecule has 35 heavy (non-hydrogen) atoms. The number of pyridine rings is 1. The first-order valence-corrected chi connectivity index (χ1v) is 11.7. The molecule has 0 radical (unpaired) electrons. The van der Waals surface area contributed by atoms with E-state index in [1.165, 1.54) is 5.56 Å². The van der Waals surface area contributed by atoms with Gasteiger partial charge in [0.15, 0.2) is 0 Å². The number of aromatic nitrogens is 3. The van der Waals surface area contributed by atoms with Crippen LogP contribution in [0.25, 0.3) is 22.8 Å². The molecule has 1 amide bonds. The molecule has 2 aromatic heterocycles. The van der Waals surface area contributed by atoms with Gasteiger partial charge in [-0.05, 0) is 70.7 Å². The topological polar surface area (TPSA) is 117 Å². The molecule has 9 nitrogen and oxygen atoms in total. The van der Waals surface area contributed by atoms with E-state index in [1.807, 2.05) is 53.7 Å². The van der Waals surface area contributed by atoms with Crippen molar-refractivity contribution >= 4 is 11.9 Å². The van der Waals surface area contributed by atoms with Crippen molar-refractivity contribution in [3.8, 4) is 28.9 Å². The maximum Gasteiger partial charge on any atom is 0.410 e. The minimum absolute atomic E-state index is 0.152. The number of rotatable bonds is 4. The van der Waals surface area contributed by atoms with E-state index >= 15 is 0 Å². The summed E-state index contributed by atoms with van der Waals surface area (Å²) in [4.78, 5) is 23.2. The van der Waals surface area contributed by atoms with Crippen LogP contribution in [0.2, 0.25) is 0 Å². The van der Waals surface area contributed by atoms with Gasteiger partial charge in [0.1, 0.15) is 17.5 Å². The van der Waals surface area contributed by atoms with Gasteiger partial charge in [-0.15, -0.1) is 0 Å². The Kier molecular flexibility index (Phi) is 6.48. The van der Waals surface area contributed by atoms with E-state index in [0.29, 0.717) is 41.7 Å². The van der Waals surface area contributed by atoms with Gasteiger partial charge in [0.2, 0.25) is 5.82 Å². The number of benzene rings is 1. The predicted octanol–water partition coefficient (Wildman–Crippen LogP) is 5.09. The number of nitriles is 1. The Bertz CT molecular complexity index is 1300. The van der Waals surface area contributed by atoms with Crippen molar-refractivity contribution in [3.63, 3.8) is 0 Å². The van der Waals surface area contributed by atoms with E-state index in [9.17, 15) is 10.1 Å². The van der Waals surface area contributed by atoms with Crippen molar-refractivity contribution in [2.75, 3.05) is 11.9 Å². The van der Waals surface area contributed by atoms with Gasteiger partial charge >= 0.3 is 6.09 Å². The van der Waals surface area contributed by atoms with Gasteiger partial charge in [0.05, 0.1) is 11.1 Å². The van der Waals surface area contributed by atoms with Gasteiger partial charge in [-0.3, -0.25) is 0 Å². The van der Waals surface area contributed by atoms with Gasteiger partial charge in [-0.25, -0.2) is 9.78 Å². The van der Waals surface area contributed by atoms with Crippen molar-refractivity contribution in [2.24, 2.45) is 0 Å². The highest BCUT2D eigenvalue weighted by Gasteiger charge is 2.27. The minimum Gasteiger partial charge on any atom is -0.444 e. The molecule has 0 saturated carbocycles. The minimum atomic E-state index is -0.526. The average molecular weight is 475 g/mol. The monoisotopic (exact) mass is 474 g/mol. The molecule has 0 bridgehead atoms. The summed E-state index contributed by atoms with van der Waals surface area (Å²) in [6, 6.07) is 7.97. The molecule has 4 rings (SSSR count). The number of hydrogen-bond acceptors (Lipinski definition) is 8. The number of ether oxygens (including phenoxy) is 1. The van der Waals surface area contributed by atoms with Crippen LogP contribution in [0.5, 0.6) is 0 Å². The zero-order chi connectivity index (χ0) is 25.3. The van der Waals surface area contributed by atoms with Gasteiger partial charge in [0, 0.05) is 30.9 Å². The maximum atomic E-state index is 12.5. The van der Waals surface area contributed by atoms with E-state index < -0.39 is 5.60 Å². The molecule has 9 heteroatoms. The fourth-order valence-corrected chi connectivity index (χ4v) is 4.07. The summed E-state index contributed by atoms with van der Waals surface area (Å²) < 4.78 is 11.0. The van der Waals surface area contributed by atoms with Crippen LogP contribution < -0.4 is 5.32 Å². The Hall–Kier alpha value is -3.93. The molecule has 182 valence electrons. The first kappa shape index (κ1) is 24.2. The number of hydrogen-bond donors (Lipinski definition) is 1. The summed E-state index contributed by atoms with van der Waals surface area (Å²) in [6.07, 6.45) is 2.04. The SMILES string of the molecule is Cc1c(-c2noc(-c3cnc(NC(C)C)c(C#N)c3)n2)ccc2c1CCN(C(=O)OC(C)(C)C)C2. The molecule has 0 saturated heterocycles. The zero-order valence-electron chi connectivity index (χ0n) is 21.0. The number of carbonyl (C=O) groups is 1. The number of carbonyl (C=O) groups excluding carboxylic acids is 1. The molecule has 1 aromatic carbocycles. The number of nitrogens with zero attached hydrogens (tertiary/aromatic N) is 5. The number of anilines is 1. The van der Waals surface area contributed by atoms with Gasteiger partial charge in [-0.2, -0.15) is 10.2 Å². The van der Waals surface area contributed by atoms with Crippen molar-refractivity contribution < 1.29 is 14.1 Å². The third-order valence-electron chi connectivity index (χ3n) is 5.69. The van der Waals surface area contributed by atoms with Crippen LogP contribution in [0.1, 0.15) is 56.9 Å². The average Bonchev–Trinajstić information content (AvgIpc) is 3.28. The molecule has 0 unspecified atom stereocenters. The van der Waals surface area contributed by atoms with E-state index in [1.54, 1.807) is 17.2 Å². The van der Waals surface area contributed by atoms with Crippen LogP contribution in [-0.2, 0) is 17.7 Å². The van der Waals surface area contributed by atoms with E-state index in [-0.39, 0.29) is 12.1 Å². The molecule has 0 atom stereocenters. The number of nitrogens with one attached hydrogen (secondary N) is 1. The summed E-state index contributed by atoms with van der Waals surface area (Å²) in [5.74, 6) is 1.29. The second-order valence-electron chi connectivity index (χ2n) is 9.98. The first-order valence-electron chi connectivity index (χ1n) is 11.7. The summed E-state index contributed by atoms with van der Waals surface area (Å²) in [6.45, 7) is 12.7. The smallest absolute Gasteiger partial charge is 0.410 e. The van der Waals surface area contributed by atoms with Crippen LogP contribution in [0.4, 0.5) is 10.6 Å². The molecule has 0 spiro atoms. The Morgan fingerprint density at radius 3 is 2.77 bits per heavy atom. The Balaban J connectivity index is 1.57. The van der Waals surface area contributed by atoms with Crippen molar-refractivity contribution in [1.82, 2.24) is 20.0 Å². The highest BCUT2D eigenvalue weighted by atomic mass is 16.6. The van der Waals surface area contributed by atoms with Crippen molar-refractivity contribution in [2.45, 2.75) is 66.2 Å². The molecular formula is C26H30N6O3. The molecule has 1 aliphatic heterocycles. The lowest BCUT2D eigenvalue weighted by molar-refractivity contribution is 0.0224. The van der Waals surface area contributed by atoms with Crippen LogP contribution in [0.3, 0.4) is 0 Å². The summed E-state index contributed by atoms with van der Waals surface area (Å²) in [5, 5.41) is 16.9. The Morgan fingerprint density at radius 2 is 2.09 bits per heavy atom. The van der Waals surface area contributed by atoms with Gasteiger partial charge < -0.3 is 19.5 Å². The molecule has 0 fully saturated rings. The van der Waals surface area contributed by atoms with Gasteiger partial charge in [-0.1, -0.05) is 17.3 Å². The lowest BCUT2D eigenvalue weighted by atomic mass is 9.91. The Labute approximate surface area is 205 Å². The zero-order valence-corrected chi connectivity index (χ0v) is 21.0. The highest BCUT2D eigenvalue weighted by molar-refractivity contribution is 5.70. The second kappa shape index (κ2) is 9.37. The van der Waals surface area contributed by atoms with Crippen LogP contribution in [0.15, 0.2) is 28.9 Å². The summed E-state index contributed by atoms with van der Waals surface area (Å²) in [5.41, 5.74) is 4.67. The third kappa shape index (κ3) is 5.27. The molecule has 1 aliphatic rings. The van der Waals surface area contributed by atoms with Gasteiger partial charge in [0.25, 0.3) is 5.89 Å². The quantitative estimate of drug-likeness (QED) is 0.555. The maximum absolute atomic E-state index is 12.5. The summed E-state index contributed by atoms with van der Waals surface area (Å²) in [7, 11) is 0. The number of fused-ring (bicyclic) bond motifs is 1. The fraction of sp³-hybridized carbons (Fsp3) is 0.423. The predicted molar refractivity (Wildman–Crippen MR) is 132 cm³/mol. The lowest BCUT2D eigenvalue weighted by Crippen LogP contribution is -2.40. The first-order chi connectivity index (χ1) is 16.6. The Morgan fingerprint density at radius 1 is 1.31 bits per heavy atom. The van der Waals surface area contributed by atoms with E-state index in [0.717, 1.165) is 23.1 Å². The molecular weight excluding hydrogens is 444 g/mol. The highest BCUT2D eigenvalue weighted by Crippen LogP contribution is 2.32. The molecule has 3 aromatic rings. The van der Waals surface area contributed by atoms with Crippen LogP contribution in [0, 0.1) is 18.3 Å². The van der Waals surface area contributed by atoms with Crippen molar-refractivity contribution in [1.29, 1.82) is 5.26 Å². The fourth-order valence-electron chi connectivity index (χ4n) is 4.07. The molecule has 3 heterocycles. The third-order valence-corrected chi connectivity index (χ3v) is 5.69. The lowest BCUT2D eigenvalue weighted by Gasteiger charge is -2.32. The van der Waals surface area contributed by atoms with E-state index in [4.69, 9.17) is 9.26 Å². The standard InChI is InChI=1S/C26H30N6O3/c1-15(2)29-22-18(12-27)11-19(13-28-22)24-30-23(31-35-24)21-8-7-17-14-32(10-9-20(17)16(21)3)25(33)34-26(4,5)6/h7-8,11,13,15H,9-10,14H2,1-6H3,(H,28,29).